The molecule has 0 fully saturated rings. The van der Waals surface area contributed by atoms with Crippen LogP contribution in [0.5, 0.6) is 0 Å². The SMILES string of the molecule is CCCN(C)c1ncc(CN)cc1Cl. The molecule has 0 aliphatic carbocycles. The summed E-state index contributed by atoms with van der Waals surface area (Å²) >= 11 is 6.08. The summed E-state index contributed by atoms with van der Waals surface area (Å²) < 4.78 is 0. The molecule has 1 rings (SSSR count). The number of hydrogen-bond acceptors (Lipinski definition) is 3. The van der Waals surface area contributed by atoms with Crippen LogP contribution >= 0.6 is 11.6 Å². The summed E-state index contributed by atoms with van der Waals surface area (Å²) in [7, 11) is 1.99. The highest BCUT2D eigenvalue weighted by molar-refractivity contribution is 6.33. The second-order valence-corrected chi connectivity index (χ2v) is 3.68. The van der Waals surface area contributed by atoms with E-state index in [1.54, 1.807) is 6.20 Å². The van der Waals surface area contributed by atoms with Gasteiger partial charge in [0.05, 0.1) is 5.02 Å². The van der Waals surface area contributed by atoms with Gasteiger partial charge in [-0.05, 0) is 18.1 Å². The standard InChI is InChI=1S/C10H16ClN3/c1-3-4-14(2)10-9(11)5-8(6-12)7-13-10/h5,7H,3-4,6,12H2,1-2H3. The van der Waals surface area contributed by atoms with Crippen molar-refractivity contribution in [1.82, 2.24) is 4.98 Å². The largest absolute Gasteiger partial charge is 0.358 e. The minimum Gasteiger partial charge on any atom is -0.358 e. The average molecular weight is 214 g/mol. The Morgan fingerprint density at radius 3 is 2.79 bits per heavy atom. The number of anilines is 1. The van der Waals surface area contributed by atoms with Gasteiger partial charge in [0.25, 0.3) is 0 Å². The van der Waals surface area contributed by atoms with Gasteiger partial charge in [-0.25, -0.2) is 4.98 Å². The first-order valence-corrected chi connectivity index (χ1v) is 5.12. The smallest absolute Gasteiger partial charge is 0.147 e. The maximum atomic E-state index is 6.08. The number of nitrogens with zero attached hydrogens (tertiary/aromatic N) is 2. The summed E-state index contributed by atoms with van der Waals surface area (Å²) in [5, 5.41) is 0.670. The van der Waals surface area contributed by atoms with Crippen molar-refractivity contribution in [2.75, 3.05) is 18.5 Å². The lowest BCUT2D eigenvalue weighted by molar-refractivity contribution is 0.836. The molecule has 0 bridgehead atoms. The zero-order valence-corrected chi connectivity index (χ0v) is 9.38. The topological polar surface area (TPSA) is 42.2 Å². The third-order valence-corrected chi connectivity index (χ3v) is 2.31. The van der Waals surface area contributed by atoms with E-state index in [1.165, 1.54) is 0 Å². The minimum atomic E-state index is 0.477. The molecule has 0 unspecified atom stereocenters. The van der Waals surface area contributed by atoms with Crippen molar-refractivity contribution in [2.24, 2.45) is 5.73 Å². The van der Waals surface area contributed by atoms with Gasteiger partial charge in [0.1, 0.15) is 5.82 Å². The Kier molecular flexibility index (Phi) is 4.17. The summed E-state index contributed by atoms with van der Waals surface area (Å²) in [5.74, 6) is 0.825. The fourth-order valence-corrected chi connectivity index (χ4v) is 1.64. The molecular formula is C10H16ClN3. The number of aromatic nitrogens is 1. The molecule has 0 aromatic carbocycles. The van der Waals surface area contributed by atoms with Gasteiger partial charge in [0.15, 0.2) is 0 Å². The van der Waals surface area contributed by atoms with E-state index in [-0.39, 0.29) is 0 Å². The van der Waals surface area contributed by atoms with Crippen LogP contribution in [-0.2, 0) is 6.54 Å². The van der Waals surface area contributed by atoms with Crippen molar-refractivity contribution < 1.29 is 0 Å². The van der Waals surface area contributed by atoms with Crippen LogP contribution in [0.25, 0.3) is 0 Å². The first kappa shape index (κ1) is 11.3. The highest BCUT2D eigenvalue weighted by Crippen LogP contribution is 2.22. The predicted molar refractivity (Wildman–Crippen MR) is 60.7 cm³/mol. The Morgan fingerprint density at radius 1 is 1.57 bits per heavy atom. The third-order valence-electron chi connectivity index (χ3n) is 2.03. The van der Waals surface area contributed by atoms with Crippen LogP contribution in [0, 0.1) is 0 Å². The Bertz CT molecular complexity index is 301. The molecule has 0 aliphatic rings. The third kappa shape index (κ3) is 2.59. The molecule has 4 heteroatoms. The van der Waals surface area contributed by atoms with Crippen LogP contribution in [0.4, 0.5) is 5.82 Å². The Morgan fingerprint density at radius 2 is 2.29 bits per heavy atom. The maximum Gasteiger partial charge on any atom is 0.147 e. The monoisotopic (exact) mass is 213 g/mol. The van der Waals surface area contributed by atoms with Crippen LogP contribution in [0.15, 0.2) is 12.3 Å². The molecule has 14 heavy (non-hydrogen) atoms. The summed E-state index contributed by atoms with van der Waals surface area (Å²) in [6.45, 7) is 3.55. The Hall–Kier alpha value is -0.800. The highest BCUT2D eigenvalue weighted by Gasteiger charge is 2.06. The van der Waals surface area contributed by atoms with Gasteiger partial charge in [-0.2, -0.15) is 0 Å². The molecular weight excluding hydrogens is 198 g/mol. The van der Waals surface area contributed by atoms with E-state index >= 15 is 0 Å². The van der Waals surface area contributed by atoms with Crippen molar-refractivity contribution in [2.45, 2.75) is 19.9 Å². The lowest BCUT2D eigenvalue weighted by Gasteiger charge is -2.18. The summed E-state index contributed by atoms with van der Waals surface area (Å²) in [4.78, 5) is 6.33. The van der Waals surface area contributed by atoms with Crippen molar-refractivity contribution in [3.63, 3.8) is 0 Å². The summed E-state index contributed by atoms with van der Waals surface area (Å²) in [6, 6.07) is 1.87. The molecule has 3 nitrogen and oxygen atoms in total. The summed E-state index contributed by atoms with van der Waals surface area (Å²) in [6.07, 6.45) is 2.85. The van der Waals surface area contributed by atoms with E-state index in [0.29, 0.717) is 11.6 Å². The lowest BCUT2D eigenvalue weighted by Crippen LogP contribution is -2.19. The van der Waals surface area contributed by atoms with Gasteiger partial charge in [0.2, 0.25) is 0 Å². The number of halogens is 1. The fraction of sp³-hybridized carbons (Fsp3) is 0.500. The number of nitrogens with two attached hydrogens (primary N) is 1. The minimum absolute atomic E-state index is 0.477. The van der Waals surface area contributed by atoms with Gasteiger partial charge in [-0.3, -0.25) is 0 Å². The zero-order chi connectivity index (χ0) is 10.6. The molecule has 2 N–H and O–H groups in total. The quantitative estimate of drug-likeness (QED) is 0.833. The van der Waals surface area contributed by atoms with E-state index < -0.39 is 0 Å². The number of hydrogen-bond donors (Lipinski definition) is 1. The van der Waals surface area contributed by atoms with Gasteiger partial charge in [-0.1, -0.05) is 18.5 Å². The molecule has 0 saturated carbocycles. The lowest BCUT2D eigenvalue weighted by atomic mass is 10.3. The maximum absolute atomic E-state index is 6.08. The Balaban J connectivity index is 2.88. The van der Waals surface area contributed by atoms with Gasteiger partial charge >= 0.3 is 0 Å². The first-order valence-electron chi connectivity index (χ1n) is 4.74. The van der Waals surface area contributed by atoms with Gasteiger partial charge in [0, 0.05) is 26.3 Å². The molecule has 0 amide bonds. The van der Waals surface area contributed by atoms with Crippen molar-refractivity contribution in [3.8, 4) is 0 Å². The first-order chi connectivity index (χ1) is 6.69. The van der Waals surface area contributed by atoms with Crippen molar-refractivity contribution in [1.29, 1.82) is 0 Å². The van der Waals surface area contributed by atoms with Gasteiger partial charge < -0.3 is 10.6 Å². The van der Waals surface area contributed by atoms with Crippen LogP contribution in [-0.4, -0.2) is 18.6 Å². The van der Waals surface area contributed by atoms with E-state index in [0.717, 1.165) is 24.3 Å². The molecule has 1 heterocycles. The molecule has 0 saturated heterocycles. The molecule has 0 atom stereocenters. The second kappa shape index (κ2) is 5.17. The average Bonchev–Trinajstić information content (AvgIpc) is 2.17. The fourth-order valence-electron chi connectivity index (χ4n) is 1.30. The van der Waals surface area contributed by atoms with E-state index in [9.17, 15) is 0 Å². The number of pyridine rings is 1. The summed E-state index contributed by atoms with van der Waals surface area (Å²) in [5.41, 5.74) is 6.45. The Labute approximate surface area is 89.9 Å². The van der Waals surface area contributed by atoms with Crippen molar-refractivity contribution >= 4 is 17.4 Å². The molecule has 78 valence electrons. The highest BCUT2D eigenvalue weighted by atomic mass is 35.5. The van der Waals surface area contributed by atoms with Gasteiger partial charge in [-0.15, -0.1) is 0 Å². The van der Waals surface area contributed by atoms with E-state index in [2.05, 4.69) is 11.9 Å². The van der Waals surface area contributed by atoms with E-state index in [4.69, 9.17) is 17.3 Å². The molecule has 0 spiro atoms. The van der Waals surface area contributed by atoms with Crippen LogP contribution in [0.3, 0.4) is 0 Å². The predicted octanol–water partition coefficient (Wildman–Crippen LogP) is 2.04. The van der Waals surface area contributed by atoms with Crippen molar-refractivity contribution in [3.05, 3.63) is 22.8 Å². The molecule has 1 aromatic heterocycles. The molecule has 0 radical (unpaired) electrons. The zero-order valence-electron chi connectivity index (χ0n) is 8.63. The number of rotatable bonds is 4. The van der Waals surface area contributed by atoms with Crippen LogP contribution in [0.2, 0.25) is 5.02 Å². The molecule has 0 aliphatic heterocycles. The van der Waals surface area contributed by atoms with Crippen LogP contribution in [0.1, 0.15) is 18.9 Å². The second-order valence-electron chi connectivity index (χ2n) is 3.27. The molecule has 1 aromatic rings. The normalized spacial score (nSPS) is 10.3. The van der Waals surface area contributed by atoms with E-state index in [1.807, 2.05) is 18.0 Å². The van der Waals surface area contributed by atoms with Crippen LogP contribution < -0.4 is 10.6 Å².